The van der Waals surface area contributed by atoms with Gasteiger partial charge in [0.15, 0.2) is 13.6 Å². The number of carboxylic acid groups (broad SMARTS) is 1. The van der Waals surface area contributed by atoms with Crippen molar-refractivity contribution in [1.82, 2.24) is 0 Å². The van der Waals surface area contributed by atoms with E-state index in [9.17, 15) is 4.79 Å². The van der Waals surface area contributed by atoms with Gasteiger partial charge in [-0.25, -0.2) is 4.79 Å². The van der Waals surface area contributed by atoms with Crippen molar-refractivity contribution in [3.63, 3.8) is 0 Å². The summed E-state index contributed by atoms with van der Waals surface area (Å²) >= 11 is 0. The third-order valence-electron chi connectivity index (χ3n) is 2.42. The molecular weight excluding hydrogens is 228 g/mol. The fourth-order valence-corrected chi connectivity index (χ4v) is 1.53. The highest BCUT2D eigenvalue weighted by Crippen LogP contribution is 2.30. The molecule has 0 unspecified atom stereocenters. The third-order valence-corrected chi connectivity index (χ3v) is 2.42. The highest BCUT2D eigenvalue weighted by Gasteiger charge is 2.37. The zero-order valence-corrected chi connectivity index (χ0v) is 9.21. The number of benzene rings is 1. The lowest BCUT2D eigenvalue weighted by atomic mass is 10.1. The lowest BCUT2D eigenvalue weighted by molar-refractivity contribution is -0.460. The van der Waals surface area contributed by atoms with Gasteiger partial charge in [-0.3, -0.25) is 9.47 Å². The van der Waals surface area contributed by atoms with Gasteiger partial charge < -0.3 is 14.6 Å². The summed E-state index contributed by atoms with van der Waals surface area (Å²) in [6, 6.07) is 6.08. The van der Waals surface area contributed by atoms with Crippen LogP contribution in [0.15, 0.2) is 24.3 Å². The summed E-state index contributed by atoms with van der Waals surface area (Å²) in [4.78, 5) is 10.7. The molecule has 0 saturated carbocycles. The Balaban J connectivity index is 2.27. The minimum absolute atomic E-state index is 0.0501. The van der Waals surface area contributed by atoms with Crippen LogP contribution in [0.1, 0.15) is 15.9 Å². The normalized spacial score (nSPS) is 18.9. The summed E-state index contributed by atoms with van der Waals surface area (Å²) < 4.78 is 20.7. The molecule has 0 aliphatic carbocycles. The van der Waals surface area contributed by atoms with Crippen LogP contribution in [0.3, 0.4) is 0 Å². The largest absolute Gasteiger partial charge is 0.478 e. The Bertz CT molecular complexity index is 393. The van der Waals surface area contributed by atoms with E-state index in [1.54, 1.807) is 12.1 Å². The van der Waals surface area contributed by atoms with E-state index in [1.807, 2.05) is 0 Å². The van der Waals surface area contributed by atoms with E-state index in [1.165, 1.54) is 19.2 Å². The SMILES string of the molecule is COC1(c2ccc(C(=O)O)cc2)OCOCO1. The quantitative estimate of drug-likeness (QED) is 0.853. The van der Waals surface area contributed by atoms with E-state index in [0.717, 1.165) is 0 Å². The fraction of sp³-hybridized carbons (Fsp3) is 0.364. The van der Waals surface area contributed by atoms with Crippen LogP contribution in [-0.4, -0.2) is 31.8 Å². The molecule has 0 radical (unpaired) electrons. The summed E-state index contributed by atoms with van der Waals surface area (Å²) in [5.74, 6) is -2.31. The zero-order chi connectivity index (χ0) is 12.3. The van der Waals surface area contributed by atoms with E-state index in [2.05, 4.69) is 0 Å². The molecule has 1 aliphatic heterocycles. The van der Waals surface area contributed by atoms with Crippen LogP contribution < -0.4 is 0 Å². The number of hydrogen-bond donors (Lipinski definition) is 1. The first-order valence-corrected chi connectivity index (χ1v) is 4.92. The van der Waals surface area contributed by atoms with E-state index < -0.39 is 11.9 Å². The maximum absolute atomic E-state index is 10.7. The topological polar surface area (TPSA) is 74.2 Å². The van der Waals surface area contributed by atoms with Gasteiger partial charge in [0.05, 0.1) is 5.56 Å². The van der Waals surface area contributed by atoms with Crippen molar-refractivity contribution >= 4 is 5.97 Å². The number of carbonyl (C=O) groups is 1. The van der Waals surface area contributed by atoms with Crippen molar-refractivity contribution in [2.45, 2.75) is 5.97 Å². The smallest absolute Gasteiger partial charge is 0.335 e. The molecule has 0 spiro atoms. The zero-order valence-electron chi connectivity index (χ0n) is 9.21. The molecule has 1 aromatic rings. The van der Waals surface area contributed by atoms with Crippen LogP contribution in [0.25, 0.3) is 0 Å². The minimum atomic E-state index is -1.32. The predicted octanol–water partition coefficient (Wildman–Crippen LogP) is 1.12. The Morgan fingerprint density at radius 2 is 1.88 bits per heavy atom. The van der Waals surface area contributed by atoms with Gasteiger partial charge in [-0.15, -0.1) is 0 Å². The van der Waals surface area contributed by atoms with Crippen LogP contribution >= 0.6 is 0 Å². The molecule has 1 aromatic carbocycles. The van der Waals surface area contributed by atoms with Crippen LogP contribution in [0, 0.1) is 0 Å². The first-order valence-electron chi connectivity index (χ1n) is 4.92. The van der Waals surface area contributed by atoms with Crippen molar-refractivity contribution in [1.29, 1.82) is 0 Å². The van der Waals surface area contributed by atoms with Crippen LogP contribution in [0.4, 0.5) is 0 Å². The molecule has 0 aromatic heterocycles. The van der Waals surface area contributed by atoms with E-state index >= 15 is 0 Å². The Labute approximate surface area is 97.7 Å². The van der Waals surface area contributed by atoms with Crippen LogP contribution in [0.5, 0.6) is 0 Å². The second kappa shape index (κ2) is 4.80. The Morgan fingerprint density at radius 3 is 2.35 bits per heavy atom. The molecule has 6 heteroatoms. The van der Waals surface area contributed by atoms with Crippen molar-refractivity contribution in [2.24, 2.45) is 0 Å². The monoisotopic (exact) mass is 240 g/mol. The molecule has 1 N–H and O–H groups in total. The highest BCUT2D eigenvalue weighted by molar-refractivity contribution is 5.87. The molecule has 0 bridgehead atoms. The number of rotatable bonds is 3. The van der Waals surface area contributed by atoms with Gasteiger partial charge in [0.25, 0.3) is 0 Å². The maximum atomic E-state index is 10.7. The standard InChI is InChI=1S/C11H12O6/c1-14-11(16-6-15-7-17-11)9-4-2-8(3-5-9)10(12)13/h2-5H,6-7H2,1H3,(H,12,13). The number of carboxylic acids is 1. The summed E-state index contributed by atoms with van der Waals surface area (Å²) in [7, 11) is 1.44. The summed E-state index contributed by atoms with van der Waals surface area (Å²) in [6.45, 7) is 0.100. The summed E-state index contributed by atoms with van der Waals surface area (Å²) in [5, 5.41) is 8.79. The fourth-order valence-electron chi connectivity index (χ4n) is 1.53. The van der Waals surface area contributed by atoms with Gasteiger partial charge in [0, 0.05) is 12.7 Å². The van der Waals surface area contributed by atoms with E-state index in [4.69, 9.17) is 24.1 Å². The Kier molecular flexibility index (Phi) is 3.39. The molecule has 17 heavy (non-hydrogen) atoms. The molecule has 2 rings (SSSR count). The molecule has 1 heterocycles. The van der Waals surface area contributed by atoms with Gasteiger partial charge in [-0.05, 0) is 12.1 Å². The Hall–Kier alpha value is -1.47. The van der Waals surface area contributed by atoms with Crippen molar-refractivity contribution in [3.8, 4) is 0 Å². The summed E-state index contributed by atoms with van der Waals surface area (Å²) in [6.07, 6.45) is 0. The van der Waals surface area contributed by atoms with Gasteiger partial charge >= 0.3 is 11.9 Å². The summed E-state index contributed by atoms with van der Waals surface area (Å²) in [5.41, 5.74) is 0.764. The molecule has 0 atom stereocenters. The first-order chi connectivity index (χ1) is 8.18. The van der Waals surface area contributed by atoms with Crippen LogP contribution in [-0.2, 0) is 24.9 Å². The van der Waals surface area contributed by atoms with Crippen molar-refractivity contribution in [2.75, 3.05) is 20.7 Å². The van der Waals surface area contributed by atoms with Gasteiger partial charge in [0.1, 0.15) is 0 Å². The Morgan fingerprint density at radius 1 is 1.29 bits per heavy atom. The second-order valence-corrected chi connectivity index (χ2v) is 3.37. The van der Waals surface area contributed by atoms with Crippen molar-refractivity contribution in [3.05, 3.63) is 35.4 Å². The average molecular weight is 240 g/mol. The highest BCUT2D eigenvalue weighted by atomic mass is 17.0. The average Bonchev–Trinajstić information content (AvgIpc) is 2.39. The molecule has 92 valence electrons. The van der Waals surface area contributed by atoms with Gasteiger partial charge in [0.2, 0.25) is 0 Å². The van der Waals surface area contributed by atoms with Crippen molar-refractivity contribution < 1.29 is 28.8 Å². The number of aromatic carboxylic acids is 1. The van der Waals surface area contributed by atoms with Crippen LogP contribution in [0.2, 0.25) is 0 Å². The lowest BCUT2D eigenvalue weighted by Crippen LogP contribution is -2.40. The third kappa shape index (κ3) is 2.29. The number of hydrogen-bond acceptors (Lipinski definition) is 5. The molecule has 6 nitrogen and oxygen atoms in total. The van der Waals surface area contributed by atoms with E-state index in [-0.39, 0.29) is 19.1 Å². The number of ether oxygens (including phenoxy) is 4. The van der Waals surface area contributed by atoms with Gasteiger partial charge in [-0.2, -0.15) is 0 Å². The predicted molar refractivity (Wildman–Crippen MR) is 55.1 cm³/mol. The van der Waals surface area contributed by atoms with Gasteiger partial charge in [-0.1, -0.05) is 12.1 Å². The molecule has 0 amide bonds. The van der Waals surface area contributed by atoms with E-state index in [0.29, 0.717) is 5.56 Å². The number of methoxy groups -OCH3 is 1. The molecule has 1 saturated heterocycles. The maximum Gasteiger partial charge on any atom is 0.335 e. The molecular formula is C11H12O6. The first kappa shape index (κ1) is 12.0. The minimum Gasteiger partial charge on any atom is -0.478 e. The molecule has 1 fully saturated rings. The lowest BCUT2D eigenvalue weighted by Gasteiger charge is -2.35. The second-order valence-electron chi connectivity index (χ2n) is 3.37. The molecule has 1 aliphatic rings.